The van der Waals surface area contributed by atoms with E-state index < -0.39 is 5.91 Å². The Bertz CT molecular complexity index is 406. The Balaban J connectivity index is 2.72. The first kappa shape index (κ1) is 15.1. The smallest absolute Gasteiger partial charge is 0.300 e. The van der Waals surface area contributed by atoms with Crippen LogP contribution in [-0.4, -0.2) is 35.9 Å². The predicted molar refractivity (Wildman–Crippen MR) is 74.4 cm³/mol. The van der Waals surface area contributed by atoms with Crippen molar-refractivity contribution >= 4 is 17.7 Å². The van der Waals surface area contributed by atoms with E-state index in [1.165, 1.54) is 0 Å². The van der Waals surface area contributed by atoms with Crippen molar-refractivity contribution in [2.45, 2.75) is 26.4 Å². The number of nitrogens with two attached hydrogens (primary N) is 1. The summed E-state index contributed by atoms with van der Waals surface area (Å²) in [6.45, 7) is 4.80. The van der Waals surface area contributed by atoms with Crippen LogP contribution in [0.25, 0.3) is 0 Å². The van der Waals surface area contributed by atoms with Gasteiger partial charge in [0.15, 0.2) is 5.76 Å². The standard InChI is InChI=1S/C12H21N3O2S/c1-8(7-18-4)15(3)6-10-5-11(12(16)14-13)17-9(10)2/h5,8H,6-7,13H2,1-4H3,(H,14,16). The summed E-state index contributed by atoms with van der Waals surface area (Å²) >= 11 is 1.82. The summed E-state index contributed by atoms with van der Waals surface area (Å²) in [6, 6.07) is 2.22. The molecule has 18 heavy (non-hydrogen) atoms. The molecule has 0 aliphatic heterocycles. The van der Waals surface area contributed by atoms with E-state index in [1.54, 1.807) is 6.07 Å². The highest BCUT2D eigenvalue weighted by Gasteiger charge is 2.16. The fraction of sp³-hybridized carbons (Fsp3) is 0.583. The summed E-state index contributed by atoms with van der Waals surface area (Å²) in [6.07, 6.45) is 2.09. The van der Waals surface area contributed by atoms with E-state index in [0.717, 1.165) is 23.6 Å². The molecule has 0 aliphatic rings. The SMILES string of the molecule is CSCC(C)N(C)Cc1cc(C(=O)NN)oc1C. The average Bonchev–Trinajstić information content (AvgIpc) is 2.70. The van der Waals surface area contributed by atoms with Crippen LogP contribution in [0.1, 0.15) is 28.8 Å². The fourth-order valence-electron chi connectivity index (χ4n) is 1.65. The van der Waals surface area contributed by atoms with Gasteiger partial charge in [-0.2, -0.15) is 11.8 Å². The van der Waals surface area contributed by atoms with Crippen LogP contribution in [0.3, 0.4) is 0 Å². The number of thioether (sulfide) groups is 1. The van der Waals surface area contributed by atoms with E-state index in [2.05, 4.69) is 30.6 Å². The van der Waals surface area contributed by atoms with E-state index in [4.69, 9.17) is 10.3 Å². The van der Waals surface area contributed by atoms with Gasteiger partial charge < -0.3 is 4.42 Å². The van der Waals surface area contributed by atoms with E-state index in [1.807, 2.05) is 18.7 Å². The van der Waals surface area contributed by atoms with Gasteiger partial charge in [-0.1, -0.05) is 0 Å². The van der Waals surface area contributed by atoms with Crippen LogP contribution >= 0.6 is 11.8 Å². The molecule has 0 bridgehead atoms. The number of carbonyl (C=O) groups is 1. The van der Waals surface area contributed by atoms with Crippen molar-refractivity contribution in [3.05, 3.63) is 23.2 Å². The number of amides is 1. The lowest BCUT2D eigenvalue weighted by Gasteiger charge is -2.23. The number of nitrogens with zero attached hydrogens (tertiary/aromatic N) is 1. The third kappa shape index (κ3) is 3.76. The molecule has 1 aromatic heterocycles. The van der Waals surface area contributed by atoms with Gasteiger partial charge in [0.1, 0.15) is 5.76 Å². The lowest BCUT2D eigenvalue weighted by Crippen LogP contribution is -2.30. The van der Waals surface area contributed by atoms with Gasteiger partial charge in [0.05, 0.1) is 0 Å². The highest BCUT2D eigenvalue weighted by molar-refractivity contribution is 7.98. The largest absolute Gasteiger partial charge is 0.456 e. The van der Waals surface area contributed by atoms with Crippen LogP contribution in [0.2, 0.25) is 0 Å². The third-order valence-electron chi connectivity index (χ3n) is 2.96. The van der Waals surface area contributed by atoms with Gasteiger partial charge >= 0.3 is 5.91 Å². The Labute approximate surface area is 112 Å². The molecule has 0 fully saturated rings. The lowest BCUT2D eigenvalue weighted by atomic mass is 10.2. The summed E-state index contributed by atoms with van der Waals surface area (Å²) in [4.78, 5) is 13.6. The van der Waals surface area contributed by atoms with Gasteiger partial charge in [0.25, 0.3) is 0 Å². The second-order valence-electron chi connectivity index (χ2n) is 4.39. The minimum absolute atomic E-state index is 0.260. The molecular formula is C12H21N3O2S. The number of carbonyl (C=O) groups excluding carboxylic acids is 1. The third-order valence-corrected chi connectivity index (χ3v) is 3.77. The van der Waals surface area contributed by atoms with Crippen LogP contribution in [0.4, 0.5) is 0 Å². The molecule has 0 radical (unpaired) electrons. The van der Waals surface area contributed by atoms with E-state index >= 15 is 0 Å². The zero-order chi connectivity index (χ0) is 13.7. The van der Waals surface area contributed by atoms with Crippen LogP contribution < -0.4 is 11.3 Å². The summed E-state index contributed by atoms with van der Waals surface area (Å²) < 4.78 is 5.38. The van der Waals surface area contributed by atoms with Crippen LogP contribution in [0, 0.1) is 6.92 Å². The van der Waals surface area contributed by atoms with Crippen molar-refractivity contribution in [2.24, 2.45) is 5.84 Å². The van der Waals surface area contributed by atoms with Gasteiger partial charge in [-0.15, -0.1) is 0 Å². The molecule has 102 valence electrons. The van der Waals surface area contributed by atoms with E-state index in [0.29, 0.717) is 6.04 Å². The van der Waals surface area contributed by atoms with Crippen molar-refractivity contribution in [1.29, 1.82) is 0 Å². The molecule has 0 aliphatic carbocycles. The van der Waals surface area contributed by atoms with Crippen molar-refractivity contribution in [2.75, 3.05) is 19.1 Å². The van der Waals surface area contributed by atoms with Crippen molar-refractivity contribution in [3.8, 4) is 0 Å². The molecule has 3 N–H and O–H groups in total. The fourth-order valence-corrected chi connectivity index (χ4v) is 2.39. The highest BCUT2D eigenvalue weighted by atomic mass is 32.2. The first-order valence-electron chi connectivity index (χ1n) is 5.79. The molecule has 0 saturated carbocycles. The van der Waals surface area contributed by atoms with Crippen molar-refractivity contribution in [3.63, 3.8) is 0 Å². The first-order valence-corrected chi connectivity index (χ1v) is 7.18. The molecule has 0 saturated heterocycles. The Morgan fingerprint density at radius 1 is 1.67 bits per heavy atom. The molecular weight excluding hydrogens is 250 g/mol. The summed E-state index contributed by atoms with van der Waals surface area (Å²) in [5.74, 6) is 6.77. The molecule has 1 atom stereocenters. The number of furan rings is 1. The van der Waals surface area contributed by atoms with Gasteiger partial charge in [0.2, 0.25) is 0 Å². The van der Waals surface area contributed by atoms with Crippen molar-refractivity contribution < 1.29 is 9.21 Å². The zero-order valence-electron chi connectivity index (χ0n) is 11.3. The maximum Gasteiger partial charge on any atom is 0.300 e. The molecule has 1 aromatic rings. The highest BCUT2D eigenvalue weighted by Crippen LogP contribution is 2.17. The number of nitrogens with one attached hydrogen (secondary N) is 1. The molecule has 1 amide bonds. The van der Waals surface area contributed by atoms with Crippen LogP contribution in [0.15, 0.2) is 10.5 Å². The quantitative estimate of drug-likeness (QED) is 0.464. The molecule has 1 unspecified atom stereocenters. The van der Waals surface area contributed by atoms with Crippen LogP contribution in [0.5, 0.6) is 0 Å². The molecule has 6 heteroatoms. The normalized spacial score (nSPS) is 12.8. The van der Waals surface area contributed by atoms with Gasteiger partial charge in [-0.05, 0) is 33.2 Å². The number of hydrogen-bond donors (Lipinski definition) is 2. The maximum atomic E-state index is 11.4. The summed E-state index contributed by atoms with van der Waals surface area (Å²) in [7, 11) is 2.07. The van der Waals surface area contributed by atoms with E-state index in [9.17, 15) is 4.79 Å². The minimum Gasteiger partial charge on any atom is -0.456 e. The molecule has 0 spiro atoms. The monoisotopic (exact) mass is 271 g/mol. The van der Waals surface area contributed by atoms with Crippen molar-refractivity contribution in [1.82, 2.24) is 10.3 Å². The zero-order valence-corrected chi connectivity index (χ0v) is 12.1. The number of aryl methyl sites for hydroxylation is 1. The topological polar surface area (TPSA) is 71.5 Å². The second-order valence-corrected chi connectivity index (χ2v) is 5.30. The molecule has 5 nitrogen and oxygen atoms in total. The van der Waals surface area contributed by atoms with Crippen LogP contribution in [-0.2, 0) is 6.54 Å². The minimum atomic E-state index is -0.399. The van der Waals surface area contributed by atoms with E-state index in [-0.39, 0.29) is 5.76 Å². The predicted octanol–water partition coefficient (Wildman–Crippen LogP) is 1.37. The Morgan fingerprint density at radius 2 is 2.33 bits per heavy atom. The maximum absolute atomic E-state index is 11.4. The summed E-state index contributed by atoms with van der Waals surface area (Å²) in [5.41, 5.74) is 3.09. The summed E-state index contributed by atoms with van der Waals surface area (Å²) in [5, 5.41) is 0. The Kier molecular flexibility index (Phi) is 5.71. The number of hydrogen-bond acceptors (Lipinski definition) is 5. The molecule has 1 rings (SSSR count). The molecule has 1 heterocycles. The number of rotatable bonds is 6. The molecule has 0 aromatic carbocycles. The number of hydrazine groups is 1. The van der Waals surface area contributed by atoms with Gasteiger partial charge in [-0.25, -0.2) is 5.84 Å². The average molecular weight is 271 g/mol. The Hall–Kier alpha value is -0.980. The van der Waals surface area contributed by atoms with Gasteiger partial charge in [-0.3, -0.25) is 15.1 Å². The van der Waals surface area contributed by atoms with Gasteiger partial charge in [0, 0.05) is 23.9 Å². The first-order chi connectivity index (χ1) is 8.49. The Morgan fingerprint density at radius 3 is 2.89 bits per heavy atom. The second kappa shape index (κ2) is 6.82. The number of nitrogen functional groups attached to an aromatic ring is 1. The lowest BCUT2D eigenvalue weighted by molar-refractivity contribution is 0.0924.